The molecule has 1 aliphatic heterocycles. The molecule has 0 N–H and O–H groups in total. The maximum Gasteiger partial charge on any atom is 0.312 e. The minimum absolute atomic E-state index is 0.0828. The fourth-order valence-electron chi connectivity index (χ4n) is 4.77. The van der Waals surface area contributed by atoms with Crippen molar-refractivity contribution in [1.29, 1.82) is 0 Å². The number of rotatable bonds is 8. The highest BCUT2D eigenvalue weighted by atomic mass is 16.6. The van der Waals surface area contributed by atoms with Crippen LogP contribution < -0.4 is 0 Å². The summed E-state index contributed by atoms with van der Waals surface area (Å²) in [5.74, 6) is 0.328. The lowest BCUT2D eigenvalue weighted by Gasteiger charge is -2.53. The predicted molar refractivity (Wildman–Crippen MR) is 124 cm³/mol. The number of esters is 1. The summed E-state index contributed by atoms with van der Waals surface area (Å²) in [6, 6.07) is 10.8. The van der Waals surface area contributed by atoms with Crippen molar-refractivity contribution in [3.8, 4) is 0 Å². The largest absolute Gasteiger partial charge is 0.462 e. The van der Waals surface area contributed by atoms with E-state index in [-0.39, 0.29) is 34.2 Å². The fraction of sp³-hybridized carbons (Fsp3) is 0.741. The Morgan fingerprint density at radius 3 is 2.00 bits per heavy atom. The molecule has 0 bridgehead atoms. The Balaban J connectivity index is 2.45. The number of hydrogen-bond acceptors (Lipinski definition) is 3. The fourth-order valence-corrected chi connectivity index (χ4v) is 4.77. The van der Waals surface area contributed by atoms with Crippen LogP contribution in [0.1, 0.15) is 87.1 Å². The van der Waals surface area contributed by atoms with E-state index >= 15 is 0 Å². The number of carbonyl (C=O) groups excluding carboxylic acids is 1. The molecular weight excluding hydrogens is 372 g/mol. The molecule has 4 unspecified atom stereocenters. The molecule has 1 aromatic carbocycles. The van der Waals surface area contributed by atoms with Crippen molar-refractivity contribution in [3.63, 3.8) is 0 Å². The van der Waals surface area contributed by atoms with Crippen LogP contribution in [0.2, 0.25) is 0 Å². The molecule has 0 radical (unpaired) electrons. The molecule has 4 atom stereocenters. The maximum atomic E-state index is 13.5. The number of carbonyl (C=O) groups is 1. The average Bonchev–Trinajstić information content (AvgIpc) is 3.46. The quantitative estimate of drug-likeness (QED) is 0.343. The van der Waals surface area contributed by atoms with Crippen LogP contribution in [-0.2, 0) is 14.3 Å². The predicted octanol–water partition coefficient (Wildman–Crippen LogP) is 6.86. The van der Waals surface area contributed by atoms with Crippen LogP contribution in [0.25, 0.3) is 0 Å². The van der Waals surface area contributed by atoms with Gasteiger partial charge in [0.1, 0.15) is 12.7 Å². The van der Waals surface area contributed by atoms with Gasteiger partial charge in [0, 0.05) is 0 Å². The molecule has 30 heavy (non-hydrogen) atoms. The Bertz CT molecular complexity index is 704. The van der Waals surface area contributed by atoms with E-state index in [1.807, 2.05) is 0 Å². The van der Waals surface area contributed by atoms with E-state index in [1.165, 1.54) is 5.56 Å². The molecule has 0 amide bonds. The van der Waals surface area contributed by atoms with Crippen LogP contribution in [0.5, 0.6) is 0 Å². The topological polar surface area (TPSA) is 38.8 Å². The zero-order valence-electron chi connectivity index (χ0n) is 21.0. The molecule has 0 saturated carbocycles. The van der Waals surface area contributed by atoms with Gasteiger partial charge in [0.05, 0.1) is 12.0 Å². The van der Waals surface area contributed by atoms with Crippen LogP contribution in [0.15, 0.2) is 30.3 Å². The van der Waals surface area contributed by atoms with Crippen molar-refractivity contribution in [2.24, 2.45) is 27.6 Å². The standard InChI is InChI=1S/C27H44O3/c1-19(27(10,25(5,6)7)23(28)30-18-21-17-29-21)26(8,9)22(16-24(2,3)4)20-14-12-11-13-15-20/h11-15,19,21-22H,16-18H2,1-10H3. The summed E-state index contributed by atoms with van der Waals surface area (Å²) in [5, 5.41) is 0. The van der Waals surface area contributed by atoms with Gasteiger partial charge < -0.3 is 9.47 Å². The normalized spacial score (nSPS) is 21.5. The van der Waals surface area contributed by atoms with E-state index in [4.69, 9.17) is 9.47 Å². The van der Waals surface area contributed by atoms with Crippen LogP contribution in [0.4, 0.5) is 0 Å². The zero-order valence-corrected chi connectivity index (χ0v) is 21.0. The molecule has 1 aliphatic rings. The molecule has 3 heteroatoms. The molecule has 1 fully saturated rings. The molecule has 3 nitrogen and oxygen atoms in total. The van der Waals surface area contributed by atoms with Gasteiger partial charge in [-0.25, -0.2) is 0 Å². The minimum atomic E-state index is -0.629. The third kappa shape index (κ3) is 5.46. The van der Waals surface area contributed by atoms with Crippen molar-refractivity contribution in [2.45, 2.75) is 87.7 Å². The summed E-state index contributed by atoms with van der Waals surface area (Å²) in [5.41, 5.74) is 0.538. The van der Waals surface area contributed by atoms with Crippen LogP contribution >= 0.6 is 0 Å². The Morgan fingerprint density at radius 1 is 1.03 bits per heavy atom. The molecular formula is C27H44O3. The first kappa shape index (κ1) is 24.9. The number of ether oxygens (including phenoxy) is 2. The highest BCUT2D eigenvalue weighted by Crippen LogP contribution is 2.57. The van der Waals surface area contributed by atoms with Gasteiger partial charge in [-0.15, -0.1) is 0 Å². The molecule has 0 aliphatic carbocycles. The van der Waals surface area contributed by atoms with E-state index in [0.717, 1.165) is 6.42 Å². The third-order valence-electron chi connectivity index (χ3n) is 7.68. The maximum absolute atomic E-state index is 13.5. The van der Waals surface area contributed by atoms with Gasteiger partial charge in [0.2, 0.25) is 0 Å². The Labute approximate surface area is 184 Å². The summed E-state index contributed by atoms with van der Waals surface area (Å²) < 4.78 is 11.1. The second kappa shape index (κ2) is 8.65. The summed E-state index contributed by atoms with van der Waals surface area (Å²) in [4.78, 5) is 13.5. The molecule has 0 aromatic heterocycles. The second-order valence-corrected chi connectivity index (χ2v) is 12.3. The molecule has 2 rings (SSSR count). The van der Waals surface area contributed by atoms with E-state index in [9.17, 15) is 4.79 Å². The second-order valence-electron chi connectivity index (χ2n) is 12.3. The number of epoxide rings is 1. The van der Waals surface area contributed by atoms with Gasteiger partial charge in [0.25, 0.3) is 0 Å². The molecule has 1 saturated heterocycles. The summed E-state index contributed by atoms with van der Waals surface area (Å²) in [6.45, 7) is 23.5. The van der Waals surface area contributed by atoms with Crippen molar-refractivity contribution >= 4 is 5.97 Å². The van der Waals surface area contributed by atoms with Gasteiger partial charge in [-0.1, -0.05) is 92.6 Å². The van der Waals surface area contributed by atoms with Gasteiger partial charge in [-0.3, -0.25) is 4.79 Å². The highest BCUT2D eigenvalue weighted by molar-refractivity contribution is 5.78. The van der Waals surface area contributed by atoms with Gasteiger partial charge in [0.15, 0.2) is 0 Å². The molecule has 1 aromatic rings. The van der Waals surface area contributed by atoms with Crippen LogP contribution in [-0.4, -0.2) is 25.3 Å². The number of hydrogen-bond donors (Lipinski definition) is 0. The lowest BCUT2D eigenvalue weighted by molar-refractivity contribution is -0.173. The van der Waals surface area contributed by atoms with Crippen molar-refractivity contribution in [1.82, 2.24) is 0 Å². The lowest BCUT2D eigenvalue weighted by atomic mass is 9.51. The van der Waals surface area contributed by atoms with Gasteiger partial charge in [-0.2, -0.15) is 0 Å². The summed E-state index contributed by atoms with van der Waals surface area (Å²) in [6.07, 6.45) is 1.14. The molecule has 0 spiro atoms. The Hall–Kier alpha value is -1.35. The minimum Gasteiger partial charge on any atom is -0.462 e. The smallest absolute Gasteiger partial charge is 0.312 e. The van der Waals surface area contributed by atoms with Crippen LogP contribution in [0, 0.1) is 27.6 Å². The van der Waals surface area contributed by atoms with Crippen molar-refractivity contribution in [3.05, 3.63) is 35.9 Å². The first-order chi connectivity index (χ1) is 13.6. The lowest BCUT2D eigenvalue weighted by Crippen LogP contribution is -2.52. The van der Waals surface area contributed by atoms with E-state index in [2.05, 4.69) is 99.6 Å². The zero-order chi connectivity index (χ0) is 23.0. The van der Waals surface area contributed by atoms with E-state index in [0.29, 0.717) is 19.1 Å². The van der Waals surface area contributed by atoms with Crippen molar-refractivity contribution < 1.29 is 14.3 Å². The van der Waals surface area contributed by atoms with Crippen molar-refractivity contribution in [2.75, 3.05) is 13.2 Å². The highest BCUT2D eigenvalue weighted by Gasteiger charge is 2.56. The van der Waals surface area contributed by atoms with Crippen LogP contribution in [0.3, 0.4) is 0 Å². The Morgan fingerprint density at radius 2 is 1.57 bits per heavy atom. The molecule has 170 valence electrons. The first-order valence-electron chi connectivity index (χ1n) is 11.4. The third-order valence-corrected chi connectivity index (χ3v) is 7.68. The summed E-state index contributed by atoms with van der Waals surface area (Å²) in [7, 11) is 0. The molecule has 1 heterocycles. The summed E-state index contributed by atoms with van der Waals surface area (Å²) >= 11 is 0. The number of benzene rings is 1. The SMILES string of the molecule is CC(C(C)(C)C(CC(C)(C)C)c1ccccc1)C(C)(C(=O)OCC1CO1)C(C)(C)C. The van der Waals surface area contributed by atoms with E-state index in [1.54, 1.807) is 0 Å². The van der Waals surface area contributed by atoms with E-state index < -0.39 is 5.41 Å². The van der Waals surface area contributed by atoms with Gasteiger partial charge >= 0.3 is 5.97 Å². The Kier molecular flexibility index (Phi) is 7.18. The average molecular weight is 417 g/mol. The first-order valence-corrected chi connectivity index (χ1v) is 11.4. The monoisotopic (exact) mass is 416 g/mol. The van der Waals surface area contributed by atoms with Gasteiger partial charge in [-0.05, 0) is 47.0 Å².